The molecule has 3 amide bonds. The van der Waals surface area contributed by atoms with Gasteiger partial charge in [0.2, 0.25) is 5.96 Å². The third kappa shape index (κ3) is 2.70. The topological polar surface area (TPSA) is 68.7 Å². The van der Waals surface area contributed by atoms with Gasteiger partial charge in [-0.1, -0.05) is 19.4 Å². The Morgan fingerprint density at radius 1 is 1.25 bits per heavy atom. The van der Waals surface area contributed by atoms with Gasteiger partial charge >= 0.3 is 6.03 Å². The number of unbranched alkanes of at least 4 members (excludes halogenated alkanes) is 1. The molecule has 4 rings (SSSR count). The molecule has 0 aliphatic carbocycles. The summed E-state index contributed by atoms with van der Waals surface area (Å²) in [4.78, 5) is 37.8. The lowest BCUT2D eigenvalue weighted by Gasteiger charge is -2.40. The minimum atomic E-state index is -0.480. The van der Waals surface area contributed by atoms with Gasteiger partial charge in [0.05, 0.1) is 12.8 Å². The molecule has 0 aromatic heterocycles. The van der Waals surface area contributed by atoms with Gasteiger partial charge < -0.3 is 19.4 Å². The summed E-state index contributed by atoms with van der Waals surface area (Å²) in [7, 11) is 3.38. The molecular formula is C20H27N5O3. The van der Waals surface area contributed by atoms with Gasteiger partial charge in [0.1, 0.15) is 5.75 Å². The van der Waals surface area contributed by atoms with Crippen molar-refractivity contribution in [1.82, 2.24) is 14.7 Å². The molecule has 3 aliphatic heterocycles. The molecule has 3 heterocycles. The van der Waals surface area contributed by atoms with Crippen LogP contribution in [0.15, 0.2) is 23.2 Å². The molecule has 2 fully saturated rings. The minimum Gasteiger partial charge on any atom is -0.495 e. The average molecular weight is 385 g/mol. The van der Waals surface area contributed by atoms with E-state index in [1.807, 2.05) is 24.0 Å². The van der Waals surface area contributed by atoms with Crippen LogP contribution in [0.1, 0.15) is 25.3 Å². The van der Waals surface area contributed by atoms with Crippen LogP contribution in [0.25, 0.3) is 0 Å². The normalized spacial score (nSPS) is 23.9. The summed E-state index contributed by atoms with van der Waals surface area (Å²) in [6.07, 6.45) is 1.26. The molecule has 2 unspecified atom stereocenters. The highest BCUT2D eigenvalue weighted by Gasteiger charge is 2.54. The summed E-state index contributed by atoms with van der Waals surface area (Å²) in [6.45, 7) is 5.96. The fourth-order valence-electron chi connectivity index (χ4n) is 4.20. The molecule has 8 nitrogen and oxygen atoms in total. The predicted octanol–water partition coefficient (Wildman–Crippen LogP) is 1.88. The summed E-state index contributed by atoms with van der Waals surface area (Å²) in [5.74, 6) is 1.37. The lowest BCUT2D eigenvalue weighted by molar-refractivity contribution is -0.137. The molecular weight excluding hydrogens is 358 g/mol. The van der Waals surface area contributed by atoms with Crippen LogP contribution in [0.4, 0.5) is 10.5 Å². The number of amides is 3. The maximum Gasteiger partial charge on any atom is 0.328 e. The van der Waals surface area contributed by atoms with E-state index in [0.717, 1.165) is 42.3 Å². The SMILES string of the molecule is CCCCN1C(=O)C2C(N=C3N(c4cc(C)ccc4OC)CCN32)N(C)C1=O. The molecule has 28 heavy (non-hydrogen) atoms. The number of ether oxygens (including phenoxy) is 1. The molecule has 1 aromatic carbocycles. The number of likely N-dealkylation sites (N-methyl/N-ethyl adjacent to an activating group) is 1. The first kappa shape index (κ1) is 18.6. The lowest BCUT2D eigenvalue weighted by atomic mass is 10.1. The second kappa shape index (κ2) is 7.00. The van der Waals surface area contributed by atoms with E-state index in [4.69, 9.17) is 9.73 Å². The Balaban J connectivity index is 1.67. The Bertz CT molecular complexity index is 839. The van der Waals surface area contributed by atoms with E-state index in [9.17, 15) is 9.59 Å². The Morgan fingerprint density at radius 2 is 2.04 bits per heavy atom. The molecule has 1 aromatic rings. The first-order valence-corrected chi connectivity index (χ1v) is 9.82. The van der Waals surface area contributed by atoms with Gasteiger partial charge in [-0.05, 0) is 31.0 Å². The van der Waals surface area contributed by atoms with Gasteiger partial charge in [-0.25, -0.2) is 9.79 Å². The van der Waals surface area contributed by atoms with Crippen LogP contribution in [0, 0.1) is 6.92 Å². The van der Waals surface area contributed by atoms with Crippen LogP contribution < -0.4 is 9.64 Å². The third-order valence-corrected chi connectivity index (χ3v) is 5.74. The number of anilines is 1. The van der Waals surface area contributed by atoms with Gasteiger partial charge in [0, 0.05) is 26.7 Å². The fourth-order valence-corrected chi connectivity index (χ4v) is 4.20. The standard InChI is InChI=1S/C20H27N5O3/c1-5-6-9-25-18(26)16-17(22(3)20(25)27)21-19-23(10-11-24(16)19)14-12-13(2)7-8-15(14)28-4/h7-8,12,16-17H,5-6,9-11H2,1-4H3. The summed E-state index contributed by atoms with van der Waals surface area (Å²) in [5.41, 5.74) is 2.06. The Morgan fingerprint density at radius 3 is 2.75 bits per heavy atom. The number of carbonyl (C=O) groups is 2. The predicted molar refractivity (Wildman–Crippen MR) is 107 cm³/mol. The molecule has 2 saturated heterocycles. The first-order chi connectivity index (χ1) is 13.5. The molecule has 150 valence electrons. The number of fused-ring (bicyclic) bond motifs is 3. The summed E-state index contributed by atoms with van der Waals surface area (Å²) in [6, 6.07) is 5.31. The first-order valence-electron chi connectivity index (χ1n) is 9.82. The number of rotatable bonds is 5. The molecule has 0 bridgehead atoms. The number of aliphatic imine (C=N–C) groups is 1. The summed E-state index contributed by atoms with van der Waals surface area (Å²) < 4.78 is 5.55. The zero-order chi connectivity index (χ0) is 20.0. The lowest BCUT2D eigenvalue weighted by Crippen LogP contribution is -2.64. The highest BCUT2D eigenvalue weighted by atomic mass is 16.5. The number of carbonyl (C=O) groups excluding carboxylic acids is 2. The zero-order valence-electron chi connectivity index (χ0n) is 16.9. The highest BCUT2D eigenvalue weighted by molar-refractivity contribution is 6.08. The van der Waals surface area contributed by atoms with Crippen LogP contribution in [-0.2, 0) is 4.79 Å². The van der Waals surface area contributed by atoms with E-state index in [1.54, 1.807) is 19.1 Å². The van der Waals surface area contributed by atoms with Crippen molar-refractivity contribution < 1.29 is 14.3 Å². The highest BCUT2D eigenvalue weighted by Crippen LogP contribution is 2.37. The van der Waals surface area contributed by atoms with Gasteiger partial charge in [-0.15, -0.1) is 0 Å². The Labute approximate surface area is 165 Å². The maximum absolute atomic E-state index is 13.2. The van der Waals surface area contributed by atoms with Crippen molar-refractivity contribution >= 4 is 23.6 Å². The second-order valence-electron chi connectivity index (χ2n) is 7.54. The monoisotopic (exact) mass is 385 g/mol. The van der Waals surface area contributed by atoms with E-state index in [1.165, 1.54) is 4.90 Å². The van der Waals surface area contributed by atoms with Gasteiger partial charge in [0.15, 0.2) is 12.2 Å². The van der Waals surface area contributed by atoms with Crippen molar-refractivity contribution in [1.29, 1.82) is 0 Å². The maximum atomic E-state index is 13.2. The largest absolute Gasteiger partial charge is 0.495 e. The Kier molecular flexibility index (Phi) is 4.64. The van der Waals surface area contributed by atoms with E-state index < -0.39 is 12.2 Å². The van der Waals surface area contributed by atoms with Crippen molar-refractivity contribution in [3.8, 4) is 5.75 Å². The number of methoxy groups -OCH3 is 1. The fraction of sp³-hybridized carbons (Fsp3) is 0.550. The molecule has 2 atom stereocenters. The van der Waals surface area contributed by atoms with Crippen LogP contribution in [0.2, 0.25) is 0 Å². The van der Waals surface area contributed by atoms with Crippen LogP contribution >= 0.6 is 0 Å². The van der Waals surface area contributed by atoms with Crippen LogP contribution in [0.5, 0.6) is 5.75 Å². The van der Waals surface area contributed by atoms with Crippen molar-refractivity contribution in [2.75, 3.05) is 38.7 Å². The van der Waals surface area contributed by atoms with Crippen molar-refractivity contribution in [3.05, 3.63) is 23.8 Å². The van der Waals surface area contributed by atoms with Crippen molar-refractivity contribution in [2.24, 2.45) is 4.99 Å². The summed E-state index contributed by atoms with van der Waals surface area (Å²) >= 11 is 0. The smallest absolute Gasteiger partial charge is 0.328 e. The number of hydrogen-bond acceptors (Lipinski definition) is 6. The average Bonchev–Trinajstić information content (AvgIpc) is 3.25. The quantitative estimate of drug-likeness (QED) is 0.774. The molecule has 0 spiro atoms. The Hall–Kier alpha value is -2.77. The number of guanidine groups is 1. The number of nitrogens with zero attached hydrogens (tertiary/aromatic N) is 5. The van der Waals surface area contributed by atoms with E-state index in [-0.39, 0.29) is 11.9 Å². The molecule has 8 heteroatoms. The number of aryl methyl sites for hydroxylation is 1. The van der Waals surface area contributed by atoms with E-state index in [0.29, 0.717) is 13.1 Å². The van der Waals surface area contributed by atoms with Gasteiger partial charge in [-0.2, -0.15) is 0 Å². The zero-order valence-corrected chi connectivity index (χ0v) is 16.9. The number of hydrogen-bond donors (Lipinski definition) is 0. The molecule has 0 radical (unpaired) electrons. The molecule has 3 aliphatic rings. The van der Waals surface area contributed by atoms with Crippen molar-refractivity contribution in [2.45, 2.75) is 38.9 Å². The second-order valence-corrected chi connectivity index (χ2v) is 7.54. The van der Waals surface area contributed by atoms with E-state index in [2.05, 4.69) is 17.9 Å². The summed E-state index contributed by atoms with van der Waals surface area (Å²) in [5, 5.41) is 0. The van der Waals surface area contributed by atoms with Crippen LogP contribution in [-0.4, -0.2) is 78.6 Å². The van der Waals surface area contributed by atoms with Crippen molar-refractivity contribution in [3.63, 3.8) is 0 Å². The number of urea groups is 1. The van der Waals surface area contributed by atoms with Gasteiger partial charge in [0.25, 0.3) is 5.91 Å². The minimum absolute atomic E-state index is 0.140. The third-order valence-electron chi connectivity index (χ3n) is 5.74. The number of benzene rings is 1. The molecule has 0 saturated carbocycles. The van der Waals surface area contributed by atoms with Crippen LogP contribution in [0.3, 0.4) is 0 Å². The van der Waals surface area contributed by atoms with E-state index >= 15 is 0 Å². The number of imide groups is 1. The van der Waals surface area contributed by atoms with Gasteiger partial charge in [-0.3, -0.25) is 9.69 Å². The molecule has 0 N–H and O–H groups in total.